The second-order valence-corrected chi connectivity index (χ2v) is 7.53. The Hall–Kier alpha value is -2.79. The predicted octanol–water partition coefficient (Wildman–Crippen LogP) is 4.71. The van der Waals surface area contributed by atoms with Crippen molar-refractivity contribution in [3.63, 3.8) is 0 Å². The summed E-state index contributed by atoms with van der Waals surface area (Å²) in [7, 11) is 3.21. The van der Waals surface area contributed by atoms with Gasteiger partial charge in [-0.3, -0.25) is 9.78 Å². The molecule has 1 N–H and O–H groups in total. The number of rotatable bonds is 5. The van der Waals surface area contributed by atoms with Crippen molar-refractivity contribution < 1.29 is 14.3 Å². The van der Waals surface area contributed by atoms with Gasteiger partial charge in [0.05, 0.1) is 24.8 Å². The maximum absolute atomic E-state index is 12.7. The summed E-state index contributed by atoms with van der Waals surface area (Å²) in [5.41, 5.74) is 4.39. The molecule has 6 heteroatoms. The molecular weight excluding hydrogens is 388 g/mol. The van der Waals surface area contributed by atoms with E-state index in [1.807, 2.05) is 30.3 Å². The van der Waals surface area contributed by atoms with E-state index < -0.39 is 0 Å². The minimum atomic E-state index is -0.174. The van der Waals surface area contributed by atoms with Crippen molar-refractivity contribution in [3.8, 4) is 11.5 Å². The molecule has 1 aliphatic rings. The highest BCUT2D eigenvalue weighted by atomic mass is 35.5. The van der Waals surface area contributed by atoms with E-state index in [0.717, 1.165) is 58.4 Å². The van der Waals surface area contributed by atoms with Crippen LogP contribution in [0.5, 0.6) is 11.5 Å². The smallest absolute Gasteiger partial charge is 0.251 e. The first-order chi connectivity index (χ1) is 14.1. The molecule has 29 heavy (non-hydrogen) atoms. The van der Waals surface area contributed by atoms with Crippen LogP contribution in [0.25, 0.3) is 10.9 Å². The number of nitrogens with one attached hydrogen (secondary N) is 1. The van der Waals surface area contributed by atoms with Crippen LogP contribution in [0.4, 0.5) is 0 Å². The first-order valence-electron chi connectivity index (χ1n) is 9.71. The molecule has 0 saturated heterocycles. The number of halogens is 1. The molecule has 0 fully saturated rings. The first-order valence-corrected chi connectivity index (χ1v) is 10.1. The largest absolute Gasteiger partial charge is 0.497 e. The number of amides is 1. The summed E-state index contributed by atoms with van der Waals surface area (Å²) in [6.45, 7) is 0.329. The third-order valence-electron chi connectivity index (χ3n) is 5.38. The number of ether oxygens (including phenoxy) is 2. The van der Waals surface area contributed by atoms with Crippen molar-refractivity contribution in [2.75, 3.05) is 14.2 Å². The highest BCUT2D eigenvalue weighted by molar-refractivity contribution is 6.36. The van der Waals surface area contributed by atoms with E-state index in [-0.39, 0.29) is 5.91 Å². The quantitative estimate of drug-likeness (QED) is 0.661. The summed E-state index contributed by atoms with van der Waals surface area (Å²) < 4.78 is 10.6. The lowest BCUT2D eigenvalue weighted by molar-refractivity contribution is 0.0950. The molecule has 0 aliphatic heterocycles. The van der Waals surface area contributed by atoms with Crippen molar-refractivity contribution >= 4 is 28.4 Å². The van der Waals surface area contributed by atoms with E-state index in [1.165, 1.54) is 0 Å². The summed E-state index contributed by atoms with van der Waals surface area (Å²) in [4.78, 5) is 17.5. The third-order valence-corrected chi connectivity index (χ3v) is 5.81. The number of hydrogen-bond acceptors (Lipinski definition) is 4. The topological polar surface area (TPSA) is 60.5 Å². The number of benzene rings is 2. The maximum Gasteiger partial charge on any atom is 0.251 e. The van der Waals surface area contributed by atoms with Crippen molar-refractivity contribution in [2.45, 2.75) is 32.2 Å². The van der Waals surface area contributed by atoms with Gasteiger partial charge in [0.25, 0.3) is 5.91 Å². The van der Waals surface area contributed by atoms with E-state index in [4.69, 9.17) is 26.1 Å². The predicted molar refractivity (Wildman–Crippen MR) is 114 cm³/mol. The zero-order chi connectivity index (χ0) is 20.4. The van der Waals surface area contributed by atoms with E-state index in [0.29, 0.717) is 23.6 Å². The normalized spacial score (nSPS) is 13.1. The molecule has 5 nitrogen and oxygen atoms in total. The Morgan fingerprint density at radius 2 is 1.93 bits per heavy atom. The lowest BCUT2D eigenvalue weighted by Gasteiger charge is -2.18. The average molecular weight is 411 g/mol. The lowest BCUT2D eigenvalue weighted by Crippen LogP contribution is -2.23. The minimum Gasteiger partial charge on any atom is -0.497 e. The third kappa shape index (κ3) is 3.87. The van der Waals surface area contributed by atoms with Gasteiger partial charge in [0, 0.05) is 28.8 Å². The van der Waals surface area contributed by atoms with Crippen molar-refractivity contribution in [2.24, 2.45) is 0 Å². The number of methoxy groups -OCH3 is 2. The Labute approximate surface area is 175 Å². The van der Waals surface area contributed by atoms with Gasteiger partial charge in [-0.2, -0.15) is 0 Å². The first kappa shape index (κ1) is 19.5. The summed E-state index contributed by atoms with van der Waals surface area (Å²) in [6, 6.07) is 11.0. The van der Waals surface area contributed by atoms with Crippen LogP contribution in [-0.4, -0.2) is 25.1 Å². The van der Waals surface area contributed by atoms with Gasteiger partial charge < -0.3 is 14.8 Å². The molecular formula is C23H23ClN2O3. The van der Waals surface area contributed by atoms with Gasteiger partial charge in [-0.1, -0.05) is 17.7 Å². The molecule has 0 spiro atoms. The van der Waals surface area contributed by atoms with Gasteiger partial charge in [-0.15, -0.1) is 0 Å². The lowest BCUT2D eigenvalue weighted by atomic mass is 9.94. The van der Waals surface area contributed by atoms with Crippen molar-refractivity contribution in [1.29, 1.82) is 0 Å². The Balaban J connectivity index is 1.58. The van der Waals surface area contributed by atoms with Crippen LogP contribution in [0.15, 0.2) is 36.4 Å². The Bertz CT molecular complexity index is 1080. The number of nitrogens with zero attached hydrogens (tertiary/aromatic N) is 1. The number of fused-ring (bicyclic) bond motifs is 2. The van der Waals surface area contributed by atoms with Gasteiger partial charge in [-0.05, 0) is 61.6 Å². The molecule has 4 rings (SSSR count). The highest BCUT2D eigenvalue weighted by Crippen LogP contribution is 2.33. The van der Waals surface area contributed by atoms with E-state index in [1.54, 1.807) is 20.3 Å². The molecule has 3 aromatic rings. The molecule has 1 aromatic heterocycles. The Kier molecular flexibility index (Phi) is 5.58. The molecule has 0 saturated carbocycles. The fourth-order valence-electron chi connectivity index (χ4n) is 3.81. The maximum atomic E-state index is 12.7. The zero-order valence-electron chi connectivity index (χ0n) is 16.5. The number of carbonyl (C=O) groups excluding carboxylic acids is 1. The Morgan fingerprint density at radius 3 is 2.72 bits per heavy atom. The molecule has 1 aliphatic carbocycles. The molecule has 0 bridgehead atoms. The summed E-state index contributed by atoms with van der Waals surface area (Å²) >= 11 is 6.63. The molecule has 2 aromatic carbocycles. The summed E-state index contributed by atoms with van der Waals surface area (Å²) in [6.07, 6.45) is 4.19. The van der Waals surface area contributed by atoms with Crippen LogP contribution >= 0.6 is 11.6 Å². The molecule has 0 unspecified atom stereocenters. The van der Waals surface area contributed by atoms with Crippen LogP contribution in [0.3, 0.4) is 0 Å². The molecule has 1 heterocycles. The minimum absolute atomic E-state index is 0.174. The number of hydrogen-bond donors (Lipinski definition) is 1. The molecule has 150 valence electrons. The van der Waals surface area contributed by atoms with Gasteiger partial charge in [0.2, 0.25) is 0 Å². The number of carbonyl (C=O) groups is 1. The fourth-order valence-corrected chi connectivity index (χ4v) is 4.17. The number of aryl methyl sites for hydroxylation is 1. The average Bonchev–Trinajstić information content (AvgIpc) is 2.77. The number of aromatic nitrogens is 1. The highest BCUT2D eigenvalue weighted by Gasteiger charge is 2.18. The second kappa shape index (κ2) is 8.29. The zero-order valence-corrected chi connectivity index (χ0v) is 17.3. The summed E-state index contributed by atoms with van der Waals surface area (Å²) in [5, 5.41) is 4.62. The van der Waals surface area contributed by atoms with Crippen LogP contribution in [0.1, 0.15) is 40.0 Å². The SMILES string of the molecule is COc1ccc(OC)c(CNC(=O)c2ccc3c(Cl)c4c(nc3c2)CCCC4)c1. The van der Waals surface area contributed by atoms with E-state index >= 15 is 0 Å². The Morgan fingerprint density at radius 1 is 1.10 bits per heavy atom. The fraction of sp³-hybridized carbons (Fsp3) is 0.304. The van der Waals surface area contributed by atoms with Crippen LogP contribution in [0, 0.1) is 0 Å². The molecule has 1 amide bonds. The van der Waals surface area contributed by atoms with Crippen molar-refractivity contribution in [3.05, 3.63) is 63.8 Å². The van der Waals surface area contributed by atoms with Gasteiger partial charge in [0.15, 0.2) is 0 Å². The van der Waals surface area contributed by atoms with Crippen LogP contribution in [0.2, 0.25) is 5.02 Å². The molecule has 0 radical (unpaired) electrons. The van der Waals surface area contributed by atoms with E-state index in [9.17, 15) is 4.79 Å². The van der Waals surface area contributed by atoms with Gasteiger partial charge in [-0.25, -0.2) is 0 Å². The van der Waals surface area contributed by atoms with Crippen LogP contribution < -0.4 is 14.8 Å². The van der Waals surface area contributed by atoms with Gasteiger partial charge in [0.1, 0.15) is 11.5 Å². The van der Waals surface area contributed by atoms with Gasteiger partial charge >= 0.3 is 0 Å². The standard InChI is InChI=1S/C23H23ClN2O3/c1-28-16-8-10-21(29-2)15(11-16)13-25-23(27)14-7-9-18-20(12-14)26-19-6-4-3-5-17(19)22(18)24/h7-12H,3-6,13H2,1-2H3,(H,25,27). The monoisotopic (exact) mass is 410 g/mol. The number of pyridine rings is 1. The van der Waals surface area contributed by atoms with Crippen molar-refractivity contribution in [1.82, 2.24) is 10.3 Å². The van der Waals surface area contributed by atoms with E-state index in [2.05, 4.69) is 5.32 Å². The summed E-state index contributed by atoms with van der Waals surface area (Å²) in [5.74, 6) is 1.24. The van der Waals surface area contributed by atoms with Crippen LogP contribution in [-0.2, 0) is 19.4 Å². The second-order valence-electron chi connectivity index (χ2n) is 7.15. The molecule has 0 atom stereocenters.